The predicted octanol–water partition coefficient (Wildman–Crippen LogP) is 4.04. The van der Waals surface area contributed by atoms with E-state index in [1.54, 1.807) is 6.33 Å². The molecule has 0 unspecified atom stereocenters. The van der Waals surface area contributed by atoms with E-state index in [0.29, 0.717) is 0 Å². The van der Waals surface area contributed by atoms with Crippen LogP contribution in [0.5, 0.6) is 0 Å². The fourth-order valence-corrected chi connectivity index (χ4v) is 2.90. The number of nitrogens with zero attached hydrogens (tertiary/aromatic N) is 3. The molecule has 2 heterocycles. The van der Waals surface area contributed by atoms with Gasteiger partial charge in [-0.3, -0.25) is 0 Å². The average Bonchev–Trinajstić information content (AvgIpc) is 3.01. The summed E-state index contributed by atoms with van der Waals surface area (Å²) in [5.41, 5.74) is 6.45. The molecule has 0 aliphatic heterocycles. The summed E-state index contributed by atoms with van der Waals surface area (Å²) in [6.07, 6.45) is 3.37. The van der Waals surface area contributed by atoms with E-state index in [4.69, 9.17) is 0 Å². The van der Waals surface area contributed by atoms with Crippen LogP contribution in [-0.4, -0.2) is 27.0 Å². The van der Waals surface area contributed by atoms with Gasteiger partial charge in [0.25, 0.3) is 0 Å². The summed E-state index contributed by atoms with van der Waals surface area (Å²) in [6.45, 7) is 1.97. The summed E-state index contributed by atoms with van der Waals surface area (Å²) in [5, 5.41) is 3.10. The molecule has 0 aliphatic rings. The Balaban J connectivity index is 1.72. The number of fused-ring (bicyclic) bond motifs is 1. The molecule has 118 valence electrons. The van der Waals surface area contributed by atoms with Crippen molar-refractivity contribution >= 4 is 16.9 Å². The van der Waals surface area contributed by atoms with Crippen LogP contribution in [0.25, 0.3) is 33.3 Å². The maximum absolute atomic E-state index is 4.44. The Labute approximate surface area is 139 Å². The highest BCUT2D eigenvalue weighted by atomic mass is 15.0. The van der Waals surface area contributed by atoms with E-state index in [1.807, 2.05) is 26.2 Å². The topological polar surface area (TPSA) is 66.5 Å². The van der Waals surface area contributed by atoms with E-state index >= 15 is 0 Å². The van der Waals surface area contributed by atoms with Crippen LogP contribution in [0, 0.1) is 6.92 Å². The molecule has 2 N–H and O–H groups in total. The first-order valence-electron chi connectivity index (χ1n) is 7.79. The number of aromatic nitrogens is 4. The minimum absolute atomic E-state index is 0.826. The first-order valence-corrected chi connectivity index (χ1v) is 7.79. The fourth-order valence-electron chi connectivity index (χ4n) is 2.90. The highest BCUT2D eigenvalue weighted by Gasteiger charge is 2.07. The third-order valence-corrected chi connectivity index (χ3v) is 4.08. The van der Waals surface area contributed by atoms with Gasteiger partial charge in [-0.1, -0.05) is 30.3 Å². The number of nitrogens with one attached hydrogen (secondary N) is 2. The Hall–Kier alpha value is -3.21. The monoisotopic (exact) mass is 315 g/mol. The molecule has 0 saturated carbocycles. The normalized spacial score (nSPS) is 10.9. The smallest absolute Gasteiger partial charge is 0.137 e. The lowest BCUT2D eigenvalue weighted by atomic mass is 10.0. The second kappa shape index (κ2) is 5.77. The highest BCUT2D eigenvalue weighted by molar-refractivity contribution is 5.83. The molecule has 0 atom stereocenters. The standard InChI is InChI=1S/C19H17N5/c1-12-23-17-8-7-15(9-18(17)24-12)13-3-5-14(6-4-13)16-10-21-11-22-19(16)20-2/h3-11H,1-2H3,(H,23,24)(H,20,21,22). The molecule has 2 aromatic heterocycles. The third-order valence-electron chi connectivity index (χ3n) is 4.08. The molecule has 2 aromatic carbocycles. The van der Waals surface area contributed by atoms with Gasteiger partial charge >= 0.3 is 0 Å². The number of aromatic amines is 1. The molecule has 5 nitrogen and oxygen atoms in total. The Morgan fingerprint density at radius 2 is 1.71 bits per heavy atom. The zero-order valence-electron chi connectivity index (χ0n) is 13.5. The molecule has 0 fully saturated rings. The Morgan fingerprint density at radius 3 is 2.50 bits per heavy atom. The van der Waals surface area contributed by atoms with Gasteiger partial charge in [-0.15, -0.1) is 0 Å². The SMILES string of the molecule is CNc1ncncc1-c1ccc(-c2ccc3nc(C)[nH]c3c2)cc1. The minimum Gasteiger partial charge on any atom is -0.373 e. The van der Waals surface area contributed by atoms with Gasteiger partial charge in [-0.25, -0.2) is 15.0 Å². The molecule has 0 saturated heterocycles. The lowest BCUT2D eigenvalue weighted by Gasteiger charge is -2.08. The molecule has 5 heteroatoms. The molecule has 0 bridgehead atoms. The van der Waals surface area contributed by atoms with Crippen LogP contribution >= 0.6 is 0 Å². The summed E-state index contributed by atoms with van der Waals surface area (Å²) in [7, 11) is 1.86. The summed E-state index contributed by atoms with van der Waals surface area (Å²) in [4.78, 5) is 16.1. The number of hydrogen-bond donors (Lipinski definition) is 2. The summed E-state index contributed by atoms with van der Waals surface area (Å²) >= 11 is 0. The van der Waals surface area contributed by atoms with Gasteiger partial charge in [-0.2, -0.15) is 0 Å². The van der Waals surface area contributed by atoms with Gasteiger partial charge in [0.05, 0.1) is 11.0 Å². The van der Waals surface area contributed by atoms with E-state index in [2.05, 4.69) is 61.7 Å². The van der Waals surface area contributed by atoms with Crippen LogP contribution in [0.4, 0.5) is 5.82 Å². The maximum Gasteiger partial charge on any atom is 0.137 e. The summed E-state index contributed by atoms with van der Waals surface area (Å²) in [6, 6.07) is 14.7. The lowest BCUT2D eigenvalue weighted by molar-refractivity contribution is 1.16. The van der Waals surface area contributed by atoms with Gasteiger partial charge in [0.15, 0.2) is 0 Å². The molecule has 0 amide bonds. The summed E-state index contributed by atoms with van der Waals surface area (Å²) < 4.78 is 0. The maximum atomic E-state index is 4.44. The van der Waals surface area contributed by atoms with Crippen molar-refractivity contribution in [2.45, 2.75) is 6.92 Å². The Kier molecular flexibility index (Phi) is 3.46. The van der Waals surface area contributed by atoms with Crippen LogP contribution in [0.15, 0.2) is 55.0 Å². The number of H-pyrrole nitrogens is 1. The van der Waals surface area contributed by atoms with Gasteiger partial charge in [0.1, 0.15) is 18.0 Å². The first kappa shape index (κ1) is 14.4. The molecule has 0 radical (unpaired) electrons. The van der Waals surface area contributed by atoms with E-state index in [1.165, 1.54) is 0 Å². The molecular weight excluding hydrogens is 298 g/mol. The third kappa shape index (κ3) is 2.50. The van der Waals surface area contributed by atoms with E-state index in [9.17, 15) is 0 Å². The Bertz CT molecular complexity index is 1000. The van der Waals surface area contributed by atoms with E-state index in [-0.39, 0.29) is 0 Å². The molecule has 0 aliphatic carbocycles. The van der Waals surface area contributed by atoms with Crippen molar-refractivity contribution in [2.24, 2.45) is 0 Å². The van der Waals surface area contributed by atoms with Crippen LogP contribution in [0.1, 0.15) is 5.82 Å². The van der Waals surface area contributed by atoms with Crippen LogP contribution < -0.4 is 5.32 Å². The highest BCUT2D eigenvalue weighted by Crippen LogP contribution is 2.29. The van der Waals surface area contributed by atoms with Crippen LogP contribution in [0.3, 0.4) is 0 Å². The van der Waals surface area contributed by atoms with Crippen molar-refractivity contribution in [2.75, 3.05) is 12.4 Å². The van der Waals surface area contributed by atoms with Gasteiger partial charge in [0, 0.05) is 18.8 Å². The van der Waals surface area contributed by atoms with Crippen LogP contribution in [-0.2, 0) is 0 Å². The van der Waals surface area contributed by atoms with Gasteiger partial charge in [0.2, 0.25) is 0 Å². The first-order chi connectivity index (χ1) is 11.7. The van der Waals surface area contributed by atoms with Crippen molar-refractivity contribution in [1.82, 2.24) is 19.9 Å². The summed E-state index contributed by atoms with van der Waals surface area (Å²) in [5.74, 6) is 1.76. The number of imidazole rings is 1. The Morgan fingerprint density at radius 1 is 0.958 bits per heavy atom. The number of rotatable bonds is 3. The zero-order chi connectivity index (χ0) is 16.5. The quantitative estimate of drug-likeness (QED) is 0.599. The second-order valence-corrected chi connectivity index (χ2v) is 5.67. The van der Waals surface area contributed by atoms with Crippen molar-refractivity contribution < 1.29 is 0 Å². The number of aryl methyl sites for hydroxylation is 1. The molecule has 24 heavy (non-hydrogen) atoms. The second-order valence-electron chi connectivity index (χ2n) is 5.67. The zero-order valence-corrected chi connectivity index (χ0v) is 13.5. The van der Waals surface area contributed by atoms with E-state index < -0.39 is 0 Å². The number of hydrogen-bond acceptors (Lipinski definition) is 4. The van der Waals surface area contributed by atoms with E-state index in [0.717, 1.165) is 44.9 Å². The fraction of sp³-hybridized carbons (Fsp3) is 0.105. The predicted molar refractivity (Wildman–Crippen MR) is 96.8 cm³/mol. The molecule has 4 aromatic rings. The van der Waals surface area contributed by atoms with Crippen molar-refractivity contribution in [1.29, 1.82) is 0 Å². The number of benzene rings is 2. The van der Waals surface area contributed by atoms with Crippen molar-refractivity contribution in [3.05, 3.63) is 60.8 Å². The molecular formula is C19H17N5. The average molecular weight is 315 g/mol. The molecule has 0 spiro atoms. The molecule has 4 rings (SSSR count). The van der Waals surface area contributed by atoms with Gasteiger partial charge in [-0.05, 0) is 35.7 Å². The van der Waals surface area contributed by atoms with Crippen molar-refractivity contribution in [3.63, 3.8) is 0 Å². The largest absolute Gasteiger partial charge is 0.373 e. The lowest BCUT2D eigenvalue weighted by Crippen LogP contribution is -1.96. The minimum atomic E-state index is 0.826. The number of anilines is 1. The van der Waals surface area contributed by atoms with Crippen LogP contribution in [0.2, 0.25) is 0 Å². The van der Waals surface area contributed by atoms with Crippen molar-refractivity contribution in [3.8, 4) is 22.3 Å². The van der Waals surface area contributed by atoms with Gasteiger partial charge < -0.3 is 10.3 Å².